The Morgan fingerprint density at radius 2 is 1.37 bits per heavy atom. The summed E-state index contributed by atoms with van der Waals surface area (Å²) in [6, 6.07) is 15.1. The van der Waals surface area contributed by atoms with Crippen LogP contribution in [0.25, 0.3) is 12.2 Å². The smallest absolute Gasteiger partial charge is 0.203 e. The van der Waals surface area contributed by atoms with Gasteiger partial charge >= 0.3 is 0 Å². The molecule has 0 aliphatic carbocycles. The van der Waals surface area contributed by atoms with Gasteiger partial charge in [0.05, 0.1) is 34.1 Å². The van der Waals surface area contributed by atoms with Gasteiger partial charge in [0.1, 0.15) is 0 Å². The third kappa shape index (κ3) is 6.22. The second-order valence-corrected chi connectivity index (χ2v) is 9.70. The molecule has 3 rings (SSSR count). The van der Waals surface area contributed by atoms with E-state index in [-0.39, 0.29) is 11.2 Å². The number of rotatable bonds is 9. The van der Waals surface area contributed by atoms with Crippen molar-refractivity contribution in [1.29, 1.82) is 0 Å². The highest BCUT2D eigenvalue weighted by Gasteiger charge is 2.16. The van der Waals surface area contributed by atoms with E-state index in [1.807, 2.05) is 24.3 Å². The van der Waals surface area contributed by atoms with Crippen molar-refractivity contribution in [3.05, 3.63) is 71.0 Å². The highest BCUT2D eigenvalue weighted by molar-refractivity contribution is 8.00. The van der Waals surface area contributed by atoms with E-state index in [0.717, 1.165) is 16.0 Å². The Kier molecular flexibility index (Phi) is 8.57. The molecule has 186 valence electrons. The summed E-state index contributed by atoms with van der Waals surface area (Å²) in [5.74, 6) is 1.33. The zero-order valence-corrected chi connectivity index (χ0v) is 22.0. The number of benzene rings is 3. The maximum Gasteiger partial charge on any atom is 0.203 e. The van der Waals surface area contributed by atoms with Gasteiger partial charge in [0.25, 0.3) is 0 Å². The summed E-state index contributed by atoms with van der Waals surface area (Å²) in [5.41, 5.74) is 3.46. The summed E-state index contributed by atoms with van der Waals surface area (Å²) in [5, 5.41) is 0. The second-order valence-electron chi connectivity index (χ2n) is 8.82. The van der Waals surface area contributed by atoms with Gasteiger partial charge in [0.2, 0.25) is 5.75 Å². The molecule has 0 aromatic heterocycles. The standard InChI is InChI=1S/C28H32FNO4S/c1-28(2,3)20-11-13-21(14-12-20)35-30-25-19(10-15-22(29)26(25)33-6)9-8-18-16-23(31-4)27(34-7)24(17-18)32-5/h8-17,30H,1-7H3/b9-8-. The van der Waals surface area contributed by atoms with Crippen LogP contribution < -0.4 is 23.7 Å². The maximum atomic E-state index is 14.5. The van der Waals surface area contributed by atoms with Crippen LogP contribution in [0.2, 0.25) is 0 Å². The Morgan fingerprint density at radius 3 is 1.89 bits per heavy atom. The van der Waals surface area contributed by atoms with Crippen molar-refractivity contribution in [2.75, 3.05) is 33.2 Å². The number of hydrogen-bond donors (Lipinski definition) is 1. The van der Waals surface area contributed by atoms with Crippen molar-refractivity contribution in [1.82, 2.24) is 0 Å². The van der Waals surface area contributed by atoms with Gasteiger partial charge in [-0.3, -0.25) is 0 Å². The summed E-state index contributed by atoms with van der Waals surface area (Å²) < 4.78 is 39.5. The van der Waals surface area contributed by atoms with Crippen molar-refractivity contribution >= 4 is 29.8 Å². The quantitative estimate of drug-likeness (QED) is 0.245. The topological polar surface area (TPSA) is 49.0 Å². The lowest BCUT2D eigenvalue weighted by Crippen LogP contribution is -2.10. The molecule has 3 aromatic rings. The molecule has 0 unspecified atom stereocenters. The molecule has 0 saturated carbocycles. The SMILES string of the molecule is COc1cc(/C=C\c2ccc(F)c(OC)c2NSc2ccc(C(C)(C)C)cc2)cc(OC)c1OC. The van der Waals surface area contributed by atoms with Crippen LogP contribution in [-0.2, 0) is 5.41 Å². The summed E-state index contributed by atoms with van der Waals surface area (Å²) in [6.45, 7) is 6.53. The lowest BCUT2D eigenvalue weighted by molar-refractivity contribution is 0.324. The fourth-order valence-electron chi connectivity index (χ4n) is 3.53. The van der Waals surface area contributed by atoms with E-state index < -0.39 is 5.82 Å². The zero-order valence-electron chi connectivity index (χ0n) is 21.2. The molecule has 0 aliphatic rings. The van der Waals surface area contributed by atoms with Crippen molar-refractivity contribution in [3.63, 3.8) is 0 Å². The van der Waals surface area contributed by atoms with Crippen LogP contribution in [0, 0.1) is 5.82 Å². The average Bonchev–Trinajstić information content (AvgIpc) is 2.85. The largest absolute Gasteiger partial charge is 0.493 e. The molecule has 0 amide bonds. The Hall–Kier alpha value is -3.32. The lowest BCUT2D eigenvalue weighted by atomic mass is 9.87. The molecule has 0 radical (unpaired) electrons. The van der Waals surface area contributed by atoms with Gasteiger partial charge < -0.3 is 23.7 Å². The van der Waals surface area contributed by atoms with E-state index in [1.54, 1.807) is 27.4 Å². The zero-order chi connectivity index (χ0) is 25.6. The number of methoxy groups -OCH3 is 4. The lowest BCUT2D eigenvalue weighted by Gasteiger charge is -2.19. The van der Waals surface area contributed by atoms with Gasteiger partial charge in [-0.2, -0.15) is 0 Å². The van der Waals surface area contributed by atoms with Crippen molar-refractivity contribution in [2.45, 2.75) is 31.1 Å². The van der Waals surface area contributed by atoms with Crippen LogP contribution in [0.1, 0.15) is 37.5 Å². The molecule has 1 N–H and O–H groups in total. The molecule has 0 bridgehead atoms. The molecule has 0 fully saturated rings. The summed E-state index contributed by atoms with van der Waals surface area (Å²) in [7, 11) is 6.16. The van der Waals surface area contributed by atoms with Gasteiger partial charge in [-0.1, -0.05) is 45.1 Å². The molecule has 35 heavy (non-hydrogen) atoms. The minimum atomic E-state index is -0.441. The summed E-state index contributed by atoms with van der Waals surface area (Å²) >= 11 is 1.40. The van der Waals surface area contributed by atoms with Crippen LogP contribution in [-0.4, -0.2) is 28.4 Å². The summed E-state index contributed by atoms with van der Waals surface area (Å²) in [4.78, 5) is 1.00. The predicted octanol–water partition coefficient (Wildman–Crippen LogP) is 7.45. The first-order valence-corrected chi connectivity index (χ1v) is 11.9. The molecule has 0 spiro atoms. The Bertz CT molecular complexity index is 1160. The Labute approximate surface area is 211 Å². The monoisotopic (exact) mass is 497 g/mol. The molecular weight excluding hydrogens is 465 g/mol. The first-order chi connectivity index (χ1) is 16.7. The second kappa shape index (κ2) is 11.4. The number of hydrogen-bond acceptors (Lipinski definition) is 6. The van der Waals surface area contributed by atoms with Gasteiger partial charge in [0, 0.05) is 10.5 Å². The third-order valence-corrected chi connectivity index (χ3v) is 6.29. The molecule has 0 saturated heterocycles. The first kappa shape index (κ1) is 26.3. The molecule has 0 heterocycles. The van der Waals surface area contributed by atoms with E-state index in [1.165, 1.54) is 30.7 Å². The van der Waals surface area contributed by atoms with Gasteiger partial charge in [-0.05, 0) is 64.9 Å². The number of nitrogens with one attached hydrogen (secondary N) is 1. The molecule has 7 heteroatoms. The Balaban J connectivity index is 1.92. The van der Waals surface area contributed by atoms with E-state index in [2.05, 4.69) is 49.8 Å². The molecule has 3 aromatic carbocycles. The minimum absolute atomic E-state index is 0.0766. The molecule has 0 atom stereocenters. The van der Waals surface area contributed by atoms with Gasteiger partial charge in [0.15, 0.2) is 23.1 Å². The third-order valence-electron chi connectivity index (χ3n) is 5.48. The van der Waals surface area contributed by atoms with Crippen LogP contribution in [0.5, 0.6) is 23.0 Å². The average molecular weight is 498 g/mol. The van der Waals surface area contributed by atoms with Crippen LogP contribution in [0.4, 0.5) is 10.1 Å². The van der Waals surface area contributed by atoms with E-state index >= 15 is 0 Å². The van der Waals surface area contributed by atoms with Crippen LogP contribution in [0.15, 0.2) is 53.4 Å². The van der Waals surface area contributed by atoms with Crippen LogP contribution >= 0.6 is 11.9 Å². The number of ether oxygens (including phenoxy) is 4. The predicted molar refractivity (Wildman–Crippen MR) is 143 cm³/mol. The first-order valence-electron chi connectivity index (χ1n) is 11.1. The fourth-order valence-corrected chi connectivity index (χ4v) is 4.24. The minimum Gasteiger partial charge on any atom is -0.493 e. The molecular formula is C28H32FNO4S. The normalized spacial score (nSPS) is 11.4. The fraction of sp³-hybridized carbons (Fsp3) is 0.286. The molecule has 0 aliphatic heterocycles. The maximum absolute atomic E-state index is 14.5. The number of anilines is 1. The van der Waals surface area contributed by atoms with E-state index in [0.29, 0.717) is 22.9 Å². The van der Waals surface area contributed by atoms with Crippen molar-refractivity contribution in [2.24, 2.45) is 0 Å². The van der Waals surface area contributed by atoms with Crippen molar-refractivity contribution in [3.8, 4) is 23.0 Å². The number of halogens is 1. The Morgan fingerprint density at radius 1 is 0.771 bits per heavy atom. The van der Waals surface area contributed by atoms with Crippen LogP contribution in [0.3, 0.4) is 0 Å². The van der Waals surface area contributed by atoms with Crippen molar-refractivity contribution < 1.29 is 23.3 Å². The summed E-state index contributed by atoms with van der Waals surface area (Å²) in [6.07, 6.45) is 3.78. The van der Waals surface area contributed by atoms with E-state index in [4.69, 9.17) is 18.9 Å². The highest BCUT2D eigenvalue weighted by Crippen LogP contribution is 2.40. The van der Waals surface area contributed by atoms with E-state index in [9.17, 15) is 4.39 Å². The molecule has 5 nitrogen and oxygen atoms in total. The van der Waals surface area contributed by atoms with Gasteiger partial charge in [-0.15, -0.1) is 0 Å². The van der Waals surface area contributed by atoms with Gasteiger partial charge in [-0.25, -0.2) is 4.39 Å². The highest BCUT2D eigenvalue weighted by atomic mass is 32.2.